The first-order valence-electron chi connectivity index (χ1n) is 11.7. The molecule has 2 aromatic heterocycles. The van der Waals surface area contributed by atoms with Crippen LogP contribution in [0.25, 0.3) is 22.2 Å². The number of carbonyl (C=O) groups is 1. The number of nitrogens with one attached hydrogen (secondary N) is 1. The number of benzene rings is 1. The number of aliphatic imine (C=N–C) groups is 1. The number of ether oxygens (including phenoxy) is 1. The maximum atomic E-state index is 15.0. The van der Waals surface area contributed by atoms with Crippen LogP contribution in [0, 0.1) is 5.82 Å². The Morgan fingerprint density at radius 3 is 2.75 bits per heavy atom. The third kappa shape index (κ3) is 6.12. The van der Waals surface area contributed by atoms with Crippen molar-refractivity contribution in [1.29, 1.82) is 0 Å². The fraction of sp³-hybridized carbons (Fsp3) is 0.346. The number of nitrogen functional groups attached to an aromatic ring is 1. The molecule has 0 aliphatic heterocycles. The Bertz CT molecular complexity index is 1380. The third-order valence-corrected chi connectivity index (χ3v) is 5.72. The van der Waals surface area contributed by atoms with Gasteiger partial charge in [-0.3, -0.25) is 14.6 Å². The van der Waals surface area contributed by atoms with Crippen LogP contribution in [0.3, 0.4) is 0 Å². The third-order valence-electron chi connectivity index (χ3n) is 5.72. The minimum atomic E-state index is -0.608. The summed E-state index contributed by atoms with van der Waals surface area (Å²) in [7, 11) is 1.65. The van der Waals surface area contributed by atoms with E-state index < -0.39 is 5.82 Å². The molecule has 0 aliphatic carbocycles. The molecule has 0 spiro atoms. The molecule has 190 valence electrons. The zero-order valence-electron chi connectivity index (χ0n) is 21.0. The van der Waals surface area contributed by atoms with E-state index in [0.717, 1.165) is 6.42 Å². The highest BCUT2D eigenvalue weighted by molar-refractivity contribution is 5.98. The summed E-state index contributed by atoms with van der Waals surface area (Å²) in [4.78, 5) is 36.9. The Hall–Kier alpha value is -4.08. The molecule has 0 radical (unpaired) electrons. The van der Waals surface area contributed by atoms with E-state index in [1.165, 1.54) is 19.2 Å². The van der Waals surface area contributed by atoms with E-state index in [1.54, 1.807) is 43.1 Å². The molecular weight excluding hydrogens is 463 g/mol. The predicted molar refractivity (Wildman–Crippen MR) is 140 cm³/mol. The van der Waals surface area contributed by atoms with E-state index in [1.807, 2.05) is 6.92 Å². The second kappa shape index (κ2) is 12.1. The zero-order chi connectivity index (χ0) is 26.2. The number of aromatic nitrogens is 3. The fourth-order valence-electron chi connectivity index (χ4n) is 3.66. The molecule has 3 rings (SSSR count). The molecule has 0 amide bonds. The summed E-state index contributed by atoms with van der Waals surface area (Å²) in [6, 6.07) is 4.54. The Balaban J connectivity index is 1.73. The Kier molecular flexibility index (Phi) is 8.88. The number of pyridine rings is 1. The number of fused-ring (bicyclic) bond motifs is 1. The van der Waals surface area contributed by atoms with Crippen LogP contribution in [0.1, 0.15) is 33.6 Å². The van der Waals surface area contributed by atoms with Crippen LogP contribution in [0.5, 0.6) is 5.75 Å². The standard InChI is InChI=1S/C26H31FN6O3/c1-5-36-23-15-31-25(32-24(23)28)20-12-18-8-11-33(26(35)19(18)13-21(20)27)10-7-6-9-30-22(14-29-4)16(2)17(3)34/h8,11-15,30H,5-7,9-10H2,1-4H3,(H2,28,31,32)/b22-16+,29-14-. The second-order valence-electron chi connectivity index (χ2n) is 8.23. The van der Waals surface area contributed by atoms with Gasteiger partial charge in [-0.05, 0) is 57.2 Å². The quantitative estimate of drug-likeness (QED) is 0.237. The summed E-state index contributed by atoms with van der Waals surface area (Å²) in [6.45, 7) is 6.59. The lowest BCUT2D eigenvalue weighted by atomic mass is 10.1. The van der Waals surface area contributed by atoms with Gasteiger partial charge in [0.2, 0.25) is 0 Å². The topological polar surface area (TPSA) is 124 Å². The van der Waals surface area contributed by atoms with E-state index in [-0.39, 0.29) is 33.9 Å². The summed E-state index contributed by atoms with van der Waals surface area (Å²) in [5.41, 5.74) is 7.09. The van der Waals surface area contributed by atoms with E-state index in [2.05, 4.69) is 20.3 Å². The minimum absolute atomic E-state index is 0.0203. The fourth-order valence-corrected chi connectivity index (χ4v) is 3.66. The van der Waals surface area contributed by atoms with Crippen molar-refractivity contribution >= 4 is 28.6 Å². The molecule has 0 bridgehead atoms. The lowest BCUT2D eigenvalue weighted by Crippen LogP contribution is -2.22. The number of nitrogens with two attached hydrogens (primary N) is 1. The predicted octanol–water partition coefficient (Wildman–Crippen LogP) is 3.51. The number of nitrogens with zero attached hydrogens (tertiary/aromatic N) is 4. The molecule has 0 saturated carbocycles. The molecule has 0 fully saturated rings. The first-order chi connectivity index (χ1) is 17.3. The number of hydrogen-bond acceptors (Lipinski definition) is 8. The van der Waals surface area contributed by atoms with Gasteiger partial charge in [-0.1, -0.05) is 0 Å². The largest absolute Gasteiger partial charge is 0.488 e. The van der Waals surface area contributed by atoms with Gasteiger partial charge in [0.15, 0.2) is 23.2 Å². The van der Waals surface area contributed by atoms with Crippen LogP contribution in [-0.2, 0) is 11.3 Å². The Morgan fingerprint density at radius 2 is 2.08 bits per heavy atom. The van der Waals surface area contributed by atoms with Gasteiger partial charge in [-0.25, -0.2) is 14.4 Å². The van der Waals surface area contributed by atoms with Gasteiger partial charge in [0, 0.05) is 38.1 Å². The highest BCUT2D eigenvalue weighted by Crippen LogP contribution is 2.27. The van der Waals surface area contributed by atoms with Crippen LogP contribution in [0.15, 0.2) is 51.6 Å². The average molecular weight is 495 g/mol. The smallest absolute Gasteiger partial charge is 0.258 e. The Morgan fingerprint density at radius 1 is 1.31 bits per heavy atom. The lowest BCUT2D eigenvalue weighted by molar-refractivity contribution is -0.113. The number of Topliss-reactive ketones (excluding diaryl/α,β-unsaturated/α-hetero) is 1. The van der Waals surface area contributed by atoms with Crippen molar-refractivity contribution in [2.45, 2.75) is 40.2 Å². The van der Waals surface area contributed by atoms with Gasteiger partial charge in [-0.2, -0.15) is 0 Å². The number of anilines is 1. The Labute approximate surface area is 208 Å². The van der Waals surface area contributed by atoms with E-state index in [4.69, 9.17) is 10.5 Å². The summed E-state index contributed by atoms with van der Waals surface area (Å²) in [5, 5.41) is 4.08. The van der Waals surface area contributed by atoms with Crippen molar-refractivity contribution in [2.75, 3.05) is 25.9 Å². The number of aryl methyl sites for hydroxylation is 1. The highest BCUT2D eigenvalue weighted by Gasteiger charge is 2.14. The SMILES string of the molecule is CCOc1cnc(-c2cc3ccn(CCCCNC(/C=N\C)=C(\C)C(C)=O)c(=O)c3cc2F)nc1N. The maximum Gasteiger partial charge on any atom is 0.258 e. The molecular formula is C26H31FN6O3. The maximum absolute atomic E-state index is 15.0. The molecule has 2 heterocycles. The normalized spacial score (nSPS) is 12.1. The first kappa shape index (κ1) is 26.5. The molecule has 10 heteroatoms. The van der Waals surface area contributed by atoms with Gasteiger partial charge < -0.3 is 20.4 Å². The van der Waals surface area contributed by atoms with Crippen LogP contribution >= 0.6 is 0 Å². The summed E-state index contributed by atoms with van der Waals surface area (Å²) < 4.78 is 21.9. The molecule has 3 aromatic rings. The number of unbranched alkanes of at least 4 members (excludes halogenated alkanes) is 1. The number of halogens is 1. The second-order valence-corrected chi connectivity index (χ2v) is 8.23. The van der Waals surface area contributed by atoms with Gasteiger partial charge in [0.25, 0.3) is 5.56 Å². The number of allylic oxidation sites excluding steroid dienone is 2. The number of ketones is 1. The van der Waals surface area contributed by atoms with E-state index in [9.17, 15) is 14.0 Å². The zero-order valence-corrected chi connectivity index (χ0v) is 21.0. The van der Waals surface area contributed by atoms with Gasteiger partial charge in [-0.15, -0.1) is 0 Å². The first-order valence-corrected chi connectivity index (χ1v) is 11.7. The van der Waals surface area contributed by atoms with Gasteiger partial charge in [0.05, 0.1) is 29.5 Å². The molecule has 9 nitrogen and oxygen atoms in total. The number of rotatable bonds is 11. The summed E-state index contributed by atoms with van der Waals surface area (Å²) in [5.74, 6) is -0.0583. The monoisotopic (exact) mass is 494 g/mol. The van der Waals surface area contributed by atoms with Gasteiger partial charge >= 0.3 is 0 Å². The number of carbonyl (C=O) groups excluding carboxylic acids is 1. The van der Waals surface area contributed by atoms with Crippen molar-refractivity contribution in [3.05, 3.63) is 58.0 Å². The minimum Gasteiger partial charge on any atom is -0.488 e. The van der Waals surface area contributed by atoms with Crippen LogP contribution in [0.4, 0.5) is 10.2 Å². The lowest BCUT2D eigenvalue weighted by Gasteiger charge is -2.11. The van der Waals surface area contributed by atoms with E-state index >= 15 is 0 Å². The number of hydrogen-bond donors (Lipinski definition) is 2. The molecule has 1 aromatic carbocycles. The van der Waals surface area contributed by atoms with Crippen molar-refractivity contribution < 1.29 is 13.9 Å². The summed E-state index contributed by atoms with van der Waals surface area (Å²) in [6.07, 6.45) is 6.21. The molecule has 0 saturated heterocycles. The average Bonchev–Trinajstić information content (AvgIpc) is 2.85. The summed E-state index contributed by atoms with van der Waals surface area (Å²) >= 11 is 0. The molecule has 0 aliphatic rings. The van der Waals surface area contributed by atoms with E-state index in [0.29, 0.717) is 48.5 Å². The molecule has 0 unspecified atom stereocenters. The van der Waals surface area contributed by atoms with Crippen LogP contribution < -0.4 is 21.3 Å². The van der Waals surface area contributed by atoms with Crippen molar-refractivity contribution in [1.82, 2.24) is 19.9 Å². The van der Waals surface area contributed by atoms with Crippen molar-refractivity contribution in [3.63, 3.8) is 0 Å². The highest BCUT2D eigenvalue weighted by atomic mass is 19.1. The van der Waals surface area contributed by atoms with Crippen LogP contribution in [-0.4, -0.2) is 46.7 Å². The molecule has 36 heavy (non-hydrogen) atoms. The molecule has 0 atom stereocenters. The van der Waals surface area contributed by atoms with Crippen molar-refractivity contribution in [3.8, 4) is 17.1 Å². The van der Waals surface area contributed by atoms with Crippen molar-refractivity contribution in [2.24, 2.45) is 4.99 Å². The van der Waals surface area contributed by atoms with Gasteiger partial charge in [0.1, 0.15) is 5.82 Å². The molecule has 3 N–H and O–H groups in total. The van der Waals surface area contributed by atoms with Crippen LogP contribution in [0.2, 0.25) is 0 Å².